The fourth-order valence-corrected chi connectivity index (χ4v) is 4.31. The topological polar surface area (TPSA) is 48.1 Å². The molecule has 27 heavy (non-hydrogen) atoms. The van der Waals surface area contributed by atoms with Gasteiger partial charge in [-0.1, -0.05) is 30.7 Å². The molecular weight excluding hydrogens is 358 g/mol. The van der Waals surface area contributed by atoms with Crippen LogP contribution in [0.5, 0.6) is 0 Å². The molecule has 0 unspecified atom stereocenters. The van der Waals surface area contributed by atoms with Crippen LogP contribution >= 0.6 is 12.4 Å². The number of likely N-dealkylation sites (tertiary alicyclic amines) is 1. The van der Waals surface area contributed by atoms with Crippen molar-refractivity contribution in [1.29, 1.82) is 0 Å². The zero-order chi connectivity index (χ0) is 17.5. The van der Waals surface area contributed by atoms with E-state index in [1.165, 1.54) is 43.3 Å². The predicted molar refractivity (Wildman–Crippen MR) is 111 cm³/mol. The number of hydrogen-bond acceptors (Lipinski definition) is 2. The lowest BCUT2D eigenvalue weighted by atomic mass is 10.0. The quantitative estimate of drug-likeness (QED) is 0.702. The van der Waals surface area contributed by atoms with Crippen LogP contribution in [0, 0.1) is 0 Å². The van der Waals surface area contributed by atoms with E-state index in [2.05, 4.69) is 39.5 Å². The third-order valence-electron chi connectivity index (χ3n) is 5.65. The third kappa shape index (κ3) is 3.35. The molecular formula is C22H24ClN3O. The van der Waals surface area contributed by atoms with Gasteiger partial charge in [0.05, 0.1) is 5.56 Å². The Morgan fingerprint density at radius 3 is 2.70 bits per heavy atom. The number of nitrogens with zero attached hydrogens (tertiary/aromatic N) is 1. The number of rotatable bonds is 3. The second kappa shape index (κ2) is 7.37. The first-order valence-electron chi connectivity index (χ1n) is 9.52. The maximum atomic E-state index is 12.2. The van der Waals surface area contributed by atoms with E-state index in [1.807, 2.05) is 18.2 Å². The highest BCUT2D eigenvalue weighted by Gasteiger charge is 2.23. The number of carbonyl (C=O) groups is 1. The molecule has 2 aliphatic rings. The highest BCUT2D eigenvalue weighted by molar-refractivity contribution is 6.05. The molecule has 1 saturated heterocycles. The van der Waals surface area contributed by atoms with E-state index < -0.39 is 0 Å². The van der Waals surface area contributed by atoms with Gasteiger partial charge in [0.1, 0.15) is 0 Å². The molecule has 140 valence electrons. The fourth-order valence-electron chi connectivity index (χ4n) is 4.31. The largest absolute Gasteiger partial charge is 0.355 e. The molecule has 5 rings (SSSR count). The number of H-pyrrole nitrogens is 1. The number of hydrogen-bond donors (Lipinski definition) is 2. The zero-order valence-electron chi connectivity index (χ0n) is 15.3. The summed E-state index contributed by atoms with van der Waals surface area (Å²) in [6.45, 7) is 4.07. The lowest BCUT2D eigenvalue weighted by Crippen LogP contribution is -2.28. The number of fused-ring (bicyclic) bond motifs is 2. The molecule has 0 bridgehead atoms. The summed E-state index contributed by atoms with van der Waals surface area (Å²) in [7, 11) is 0. The molecule has 1 fully saturated rings. The van der Waals surface area contributed by atoms with E-state index in [0.717, 1.165) is 34.4 Å². The van der Waals surface area contributed by atoms with Crippen LogP contribution in [0.15, 0.2) is 42.5 Å². The first kappa shape index (κ1) is 18.1. The molecule has 2 aromatic carbocycles. The van der Waals surface area contributed by atoms with Gasteiger partial charge in [-0.05, 0) is 55.3 Å². The molecule has 5 heteroatoms. The number of aromatic amines is 1. The lowest BCUT2D eigenvalue weighted by Gasteiger charge is -2.26. The van der Waals surface area contributed by atoms with Gasteiger partial charge < -0.3 is 10.3 Å². The van der Waals surface area contributed by atoms with Crippen molar-refractivity contribution in [1.82, 2.24) is 15.2 Å². The summed E-state index contributed by atoms with van der Waals surface area (Å²) in [5.41, 5.74) is 6.39. The Hall–Kier alpha value is -2.30. The summed E-state index contributed by atoms with van der Waals surface area (Å²) in [5, 5.41) is 4.14. The number of amides is 1. The molecule has 4 nitrogen and oxygen atoms in total. The first-order chi connectivity index (χ1) is 12.8. The minimum absolute atomic E-state index is 0. The lowest BCUT2D eigenvalue weighted by molar-refractivity contribution is 0.0966. The van der Waals surface area contributed by atoms with E-state index >= 15 is 0 Å². The Morgan fingerprint density at radius 2 is 1.85 bits per heavy atom. The summed E-state index contributed by atoms with van der Waals surface area (Å²) in [6, 6.07) is 14.9. The van der Waals surface area contributed by atoms with Crippen LogP contribution in [0.4, 0.5) is 0 Å². The molecule has 3 aromatic rings. The Labute approximate surface area is 165 Å². The number of nitrogens with one attached hydrogen (secondary N) is 2. The van der Waals surface area contributed by atoms with Gasteiger partial charge >= 0.3 is 0 Å². The van der Waals surface area contributed by atoms with Crippen molar-refractivity contribution in [3.05, 3.63) is 59.2 Å². The van der Waals surface area contributed by atoms with Gasteiger partial charge in [-0.3, -0.25) is 9.69 Å². The van der Waals surface area contributed by atoms with Crippen molar-refractivity contribution in [3.63, 3.8) is 0 Å². The van der Waals surface area contributed by atoms with Crippen LogP contribution in [-0.2, 0) is 13.1 Å². The van der Waals surface area contributed by atoms with Gasteiger partial charge in [-0.15, -0.1) is 12.4 Å². The molecule has 0 atom stereocenters. The van der Waals surface area contributed by atoms with Gasteiger partial charge in [0.25, 0.3) is 5.91 Å². The second-order valence-corrected chi connectivity index (χ2v) is 7.46. The minimum Gasteiger partial charge on any atom is -0.355 e. The first-order valence-corrected chi connectivity index (χ1v) is 9.52. The summed E-state index contributed by atoms with van der Waals surface area (Å²) < 4.78 is 0. The zero-order valence-corrected chi connectivity index (χ0v) is 16.1. The average molecular weight is 382 g/mol. The third-order valence-corrected chi connectivity index (χ3v) is 5.65. The van der Waals surface area contributed by atoms with Crippen LogP contribution in [-0.4, -0.2) is 28.9 Å². The Kier molecular flexibility index (Phi) is 4.94. The van der Waals surface area contributed by atoms with Crippen molar-refractivity contribution >= 4 is 29.2 Å². The van der Waals surface area contributed by atoms with Gasteiger partial charge in [0.2, 0.25) is 0 Å². The van der Waals surface area contributed by atoms with E-state index in [9.17, 15) is 4.79 Å². The average Bonchev–Trinajstić information content (AvgIpc) is 3.26. The molecule has 3 heterocycles. The van der Waals surface area contributed by atoms with Crippen LogP contribution in [0.3, 0.4) is 0 Å². The Bertz CT molecular complexity index is 988. The maximum Gasteiger partial charge on any atom is 0.252 e. The second-order valence-electron chi connectivity index (χ2n) is 7.46. The van der Waals surface area contributed by atoms with Gasteiger partial charge in [-0.25, -0.2) is 0 Å². The van der Waals surface area contributed by atoms with Crippen molar-refractivity contribution in [2.45, 2.75) is 32.4 Å². The fraction of sp³-hybridized carbons (Fsp3) is 0.318. The smallest absolute Gasteiger partial charge is 0.252 e. The molecule has 2 N–H and O–H groups in total. The highest BCUT2D eigenvalue weighted by atomic mass is 35.5. The van der Waals surface area contributed by atoms with Crippen molar-refractivity contribution in [2.75, 3.05) is 13.1 Å². The standard InChI is InChI=1S/C22H23N3O.ClH/c26-22-21-16(13-23-22)5-4-6-18(21)20-12-17-11-15(7-8-19(17)24-20)14-25-9-2-1-3-10-25;/h4-8,11-12,24H,1-3,9-10,13-14H2,(H,23,26);1H. The van der Waals surface area contributed by atoms with Crippen molar-refractivity contribution in [2.24, 2.45) is 0 Å². The van der Waals surface area contributed by atoms with Gasteiger partial charge in [-0.2, -0.15) is 0 Å². The van der Waals surface area contributed by atoms with E-state index in [-0.39, 0.29) is 18.3 Å². The number of aromatic nitrogens is 1. The SMILES string of the molecule is Cl.O=C1NCc2cccc(-c3cc4cc(CN5CCCCC5)ccc4[nH]3)c21. The summed E-state index contributed by atoms with van der Waals surface area (Å²) in [6.07, 6.45) is 4.00. The minimum atomic E-state index is 0. The predicted octanol–water partition coefficient (Wildman–Crippen LogP) is 4.49. The molecule has 0 radical (unpaired) electrons. The van der Waals surface area contributed by atoms with Gasteiger partial charge in [0, 0.05) is 35.2 Å². The van der Waals surface area contributed by atoms with Crippen molar-refractivity contribution < 1.29 is 4.79 Å². The van der Waals surface area contributed by atoms with E-state index in [0.29, 0.717) is 6.54 Å². The van der Waals surface area contributed by atoms with Crippen LogP contribution < -0.4 is 5.32 Å². The van der Waals surface area contributed by atoms with E-state index in [1.54, 1.807) is 0 Å². The normalized spacial score (nSPS) is 16.8. The monoisotopic (exact) mass is 381 g/mol. The van der Waals surface area contributed by atoms with Crippen LogP contribution in [0.2, 0.25) is 0 Å². The van der Waals surface area contributed by atoms with Gasteiger partial charge in [0.15, 0.2) is 0 Å². The number of halogens is 1. The number of piperidine rings is 1. The van der Waals surface area contributed by atoms with Crippen LogP contribution in [0.1, 0.15) is 40.7 Å². The molecule has 2 aliphatic heterocycles. The molecule has 0 aliphatic carbocycles. The highest BCUT2D eigenvalue weighted by Crippen LogP contribution is 2.31. The summed E-state index contributed by atoms with van der Waals surface area (Å²) >= 11 is 0. The molecule has 0 saturated carbocycles. The summed E-state index contributed by atoms with van der Waals surface area (Å²) in [4.78, 5) is 18.3. The molecule has 1 aromatic heterocycles. The number of benzene rings is 2. The Morgan fingerprint density at radius 1 is 1.00 bits per heavy atom. The summed E-state index contributed by atoms with van der Waals surface area (Å²) in [5.74, 6) is 0.0278. The van der Waals surface area contributed by atoms with Crippen LogP contribution in [0.25, 0.3) is 22.2 Å². The van der Waals surface area contributed by atoms with Crippen molar-refractivity contribution in [3.8, 4) is 11.3 Å². The Balaban J connectivity index is 0.00000180. The number of carbonyl (C=O) groups excluding carboxylic acids is 1. The maximum absolute atomic E-state index is 12.2. The van der Waals surface area contributed by atoms with E-state index in [4.69, 9.17) is 0 Å². The molecule has 1 amide bonds. The molecule has 0 spiro atoms.